The quantitative estimate of drug-likeness (QED) is 0.451. The topological polar surface area (TPSA) is 117 Å². The number of hydrogen-bond acceptors (Lipinski definition) is 5. The van der Waals surface area contributed by atoms with Crippen LogP contribution >= 0.6 is 0 Å². The molecule has 8 heteroatoms. The van der Waals surface area contributed by atoms with Gasteiger partial charge in [0.25, 0.3) is 0 Å². The maximum absolute atomic E-state index is 6.14. The van der Waals surface area contributed by atoms with E-state index in [1.165, 1.54) is 0 Å². The van der Waals surface area contributed by atoms with Gasteiger partial charge in [-0.3, -0.25) is 9.98 Å². The molecule has 0 saturated carbocycles. The van der Waals surface area contributed by atoms with Crippen molar-refractivity contribution in [2.45, 2.75) is 39.8 Å². The van der Waals surface area contributed by atoms with Crippen LogP contribution in [0.15, 0.2) is 58.6 Å². The van der Waals surface area contributed by atoms with Crippen LogP contribution in [-0.2, 0) is 0 Å². The molecular formula is C23H29N7O. The summed E-state index contributed by atoms with van der Waals surface area (Å²) in [6.07, 6.45) is 1.85. The third-order valence-electron chi connectivity index (χ3n) is 4.49. The van der Waals surface area contributed by atoms with Gasteiger partial charge in [-0.2, -0.15) is 0 Å². The van der Waals surface area contributed by atoms with Crippen molar-refractivity contribution < 1.29 is 4.74 Å². The third kappa shape index (κ3) is 5.28. The molecule has 0 saturated heterocycles. The Morgan fingerprint density at radius 2 is 1.48 bits per heavy atom. The van der Waals surface area contributed by atoms with Crippen molar-refractivity contribution in [3.8, 4) is 22.7 Å². The van der Waals surface area contributed by atoms with Gasteiger partial charge in [0.15, 0.2) is 0 Å². The molecular weight excluding hydrogens is 390 g/mol. The Labute approximate surface area is 182 Å². The summed E-state index contributed by atoms with van der Waals surface area (Å²) in [5.74, 6) is 1.65. The lowest BCUT2D eigenvalue weighted by atomic mass is 10.1. The minimum atomic E-state index is 0.103. The Balaban J connectivity index is 1.93. The van der Waals surface area contributed by atoms with Gasteiger partial charge in [-0.15, -0.1) is 5.10 Å². The van der Waals surface area contributed by atoms with Gasteiger partial charge in [0.2, 0.25) is 0 Å². The first kappa shape index (κ1) is 22.0. The van der Waals surface area contributed by atoms with Gasteiger partial charge in [-0.1, -0.05) is 29.5 Å². The maximum Gasteiger partial charge on any atom is 0.144 e. The van der Waals surface area contributed by atoms with Crippen molar-refractivity contribution >= 4 is 11.7 Å². The van der Waals surface area contributed by atoms with Crippen LogP contribution in [0.25, 0.3) is 16.9 Å². The number of nitrogens with zero attached hydrogens (tertiary/aromatic N) is 5. The normalized spacial score (nSPS) is 12.6. The summed E-state index contributed by atoms with van der Waals surface area (Å²) in [4.78, 5) is 8.80. The number of hydrogen-bond donors (Lipinski definition) is 2. The lowest BCUT2D eigenvalue weighted by Gasteiger charge is -2.10. The SMILES string of the molecule is COc1ccc(C(N)=NC(C)C)cc1-n1cc(-c2ccc(C(N)=NC(C)C)cc2)nn1. The fourth-order valence-electron chi connectivity index (χ4n) is 3.06. The van der Waals surface area contributed by atoms with Crippen molar-refractivity contribution in [2.24, 2.45) is 21.5 Å². The molecule has 2 aromatic carbocycles. The zero-order valence-corrected chi connectivity index (χ0v) is 18.6. The van der Waals surface area contributed by atoms with Crippen molar-refractivity contribution in [1.82, 2.24) is 15.0 Å². The minimum Gasteiger partial charge on any atom is -0.494 e. The predicted octanol–water partition coefficient (Wildman–Crippen LogP) is 3.17. The van der Waals surface area contributed by atoms with E-state index in [-0.39, 0.29) is 12.1 Å². The fourth-order valence-corrected chi connectivity index (χ4v) is 3.06. The van der Waals surface area contributed by atoms with Gasteiger partial charge in [-0.05, 0) is 45.9 Å². The Bertz CT molecular complexity index is 1100. The summed E-state index contributed by atoms with van der Waals surface area (Å²) >= 11 is 0. The molecule has 0 unspecified atom stereocenters. The van der Waals surface area contributed by atoms with E-state index < -0.39 is 0 Å². The molecule has 1 aromatic heterocycles. The summed E-state index contributed by atoms with van der Waals surface area (Å²) < 4.78 is 7.18. The summed E-state index contributed by atoms with van der Waals surface area (Å²) in [6, 6.07) is 13.6. The summed E-state index contributed by atoms with van der Waals surface area (Å²) in [6.45, 7) is 7.94. The molecule has 4 N–H and O–H groups in total. The first-order valence-corrected chi connectivity index (χ1v) is 10.2. The average molecular weight is 420 g/mol. The largest absolute Gasteiger partial charge is 0.494 e. The molecule has 1 heterocycles. The molecule has 0 aliphatic heterocycles. The van der Waals surface area contributed by atoms with E-state index in [0.29, 0.717) is 17.4 Å². The van der Waals surface area contributed by atoms with E-state index in [1.807, 2.05) is 76.4 Å². The highest BCUT2D eigenvalue weighted by atomic mass is 16.5. The minimum absolute atomic E-state index is 0.103. The molecule has 0 atom stereocenters. The molecule has 3 aromatic rings. The second-order valence-corrected chi connectivity index (χ2v) is 7.73. The molecule has 0 radical (unpaired) electrons. The van der Waals surface area contributed by atoms with Crippen molar-refractivity contribution in [1.29, 1.82) is 0 Å². The zero-order chi connectivity index (χ0) is 22.5. The zero-order valence-electron chi connectivity index (χ0n) is 18.6. The number of ether oxygens (including phenoxy) is 1. The molecule has 0 bridgehead atoms. The van der Waals surface area contributed by atoms with Gasteiger partial charge in [0, 0.05) is 28.8 Å². The molecule has 0 aliphatic carbocycles. The highest BCUT2D eigenvalue weighted by Gasteiger charge is 2.13. The monoisotopic (exact) mass is 419 g/mol. The molecule has 162 valence electrons. The van der Waals surface area contributed by atoms with Crippen LogP contribution in [0.1, 0.15) is 38.8 Å². The lowest BCUT2D eigenvalue weighted by Crippen LogP contribution is -2.16. The number of amidine groups is 2. The van der Waals surface area contributed by atoms with E-state index in [2.05, 4.69) is 20.3 Å². The Morgan fingerprint density at radius 3 is 2.06 bits per heavy atom. The Kier molecular flexibility index (Phi) is 6.69. The predicted molar refractivity (Wildman–Crippen MR) is 125 cm³/mol. The van der Waals surface area contributed by atoms with E-state index in [0.717, 1.165) is 28.1 Å². The molecule has 31 heavy (non-hydrogen) atoms. The van der Waals surface area contributed by atoms with E-state index in [1.54, 1.807) is 11.8 Å². The first-order valence-electron chi connectivity index (χ1n) is 10.2. The first-order chi connectivity index (χ1) is 14.8. The number of aromatic nitrogens is 3. The van der Waals surface area contributed by atoms with Crippen LogP contribution in [0.3, 0.4) is 0 Å². The Morgan fingerprint density at radius 1 is 0.903 bits per heavy atom. The fraction of sp³-hybridized carbons (Fsp3) is 0.304. The van der Waals surface area contributed by atoms with Crippen molar-refractivity contribution in [3.05, 3.63) is 59.8 Å². The van der Waals surface area contributed by atoms with E-state index >= 15 is 0 Å². The van der Waals surface area contributed by atoms with Gasteiger partial charge >= 0.3 is 0 Å². The smallest absolute Gasteiger partial charge is 0.144 e. The van der Waals surface area contributed by atoms with Crippen LogP contribution in [-0.4, -0.2) is 45.9 Å². The highest BCUT2D eigenvalue weighted by molar-refractivity contribution is 5.98. The van der Waals surface area contributed by atoms with E-state index in [9.17, 15) is 0 Å². The number of aliphatic imine (C=N–C) groups is 2. The molecule has 0 aliphatic rings. The van der Waals surface area contributed by atoms with E-state index in [4.69, 9.17) is 16.2 Å². The van der Waals surface area contributed by atoms with Crippen LogP contribution in [0.2, 0.25) is 0 Å². The molecule has 3 rings (SSSR count). The second kappa shape index (κ2) is 9.42. The third-order valence-corrected chi connectivity index (χ3v) is 4.49. The van der Waals surface area contributed by atoms with Crippen LogP contribution < -0.4 is 16.2 Å². The summed E-state index contributed by atoms with van der Waals surface area (Å²) in [5, 5.41) is 8.61. The Hall–Kier alpha value is -3.68. The van der Waals surface area contributed by atoms with Crippen LogP contribution in [0.5, 0.6) is 5.75 Å². The van der Waals surface area contributed by atoms with Gasteiger partial charge in [0.05, 0.1) is 13.3 Å². The standard InChI is InChI=1S/C23H29N7O/c1-14(2)26-22(24)17-8-6-16(7-9-17)19-13-30(29-28-19)20-12-18(10-11-21(20)31-5)23(25)27-15(3)4/h6-15H,1-5H3,(H2,24,26)(H2,25,27). The number of rotatable bonds is 7. The molecule has 0 spiro atoms. The molecule has 0 fully saturated rings. The summed E-state index contributed by atoms with van der Waals surface area (Å²) in [7, 11) is 1.61. The number of nitrogens with two attached hydrogens (primary N) is 2. The maximum atomic E-state index is 6.14. The molecule has 0 amide bonds. The number of methoxy groups -OCH3 is 1. The highest BCUT2D eigenvalue weighted by Crippen LogP contribution is 2.26. The van der Waals surface area contributed by atoms with Crippen LogP contribution in [0.4, 0.5) is 0 Å². The van der Waals surface area contributed by atoms with Gasteiger partial charge in [-0.25, -0.2) is 4.68 Å². The summed E-state index contributed by atoms with van der Waals surface area (Å²) in [5.41, 5.74) is 16.2. The van der Waals surface area contributed by atoms with Gasteiger partial charge < -0.3 is 16.2 Å². The van der Waals surface area contributed by atoms with Crippen molar-refractivity contribution in [2.75, 3.05) is 7.11 Å². The van der Waals surface area contributed by atoms with Gasteiger partial charge in [0.1, 0.15) is 28.8 Å². The van der Waals surface area contributed by atoms with Crippen molar-refractivity contribution in [3.63, 3.8) is 0 Å². The lowest BCUT2D eigenvalue weighted by molar-refractivity contribution is 0.411. The second-order valence-electron chi connectivity index (χ2n) is 7.73. The van der Waals surface area contributed by atoms with Crippen LogP contribution in [0, 0.1) is 0 Å². The average Bonchev–Trinajstić information content (AvgIpc) is 3.22. The molecule has 8 nitrogen and oxygen atoms in total. The number of benzene rings is 2.